The number of nitrogens with zero attached hydrogens (tertiary/aromatic N) is 3. The number of nitrogens with one attached hydrogen (secondary N) is 1. The number of aliphatic hydroxyl groups is 1. The fourth-order valence-corrected chi connectivity index (χ4v) is 4.99. The summed E-state index contributed by atoms with van der Waals surface area (Å²) in [5.74, 6) is 0.585. The first-order chi connectivity index (χ1) is 13.0. The van der Waals surface area contributed by atoms with Crippen LogP contribution in [0.3, 0.4) is 0 Å². The van der Waals surface area contributed by atoms with E-state index >= 15 is 0 Å². The number of aromatic nitrogens is 2. The monoisotopic (exact) mass is 374 g/mol. The molecule has 0 unspecified atom stereocenters. The minimum absolute atomic E-state index is 0.0617. The number of likely N-dealkylation sites (tertiary alicyclic amines) is 1. The van der Waals surface area contributed by atoms with Gasteiger partial charge < -0.3 is 10.0 Å². The van der Waals surface area contributed by atoms with Gasteiger partial charge in [0.2, 0.25) is 0 Å². The zero-order chi connectivity index (χ0) is 18.9. The lowest BCUT2D eigenvalue weighted by Crippen LogP contribution is -2.59. The molecule has 27 heavy (non-hydrogen) atoms. The fourth-order valence-electron chi connectivity index (χ4n) is 4.99. The molecule has 1 aliphatic heterocycles. The number of carbonyl (C=O) groups is 1. The number of piperidine rings is 1. The average molecular weight is 375 g/mol. The van der Waals surface area contributed by atoms with Crippen LogP contribution in [0.25, 0.3) is 0 Å². The number of amides is 1. The van der Waals surface area contributed by atoms with E-state index < -0.39 is 5.60 Å². The maximum atomic E-state index is 13.0. The molecule has 1 saturated carbocycles. The van der Waals surface area contributed by atoms with E-state index in [2.05, 4.69) is 15.1 Å². The van der Waals surface area contributed by atoms with Gasteiger partial charge in [-0.2, -0.15) is 5.10 Å². The number of carbonyl (C=O) groups excluding carboxylic acids is 1. The van der Waals surface area contributed by atoms with Gasteiger partial charge in [0.1, 0.15) is 0 Å². The molecular weight excluding hydrogens is 340 g/mol. The molecule has 6 nitrogen and oxygen atoms in total. The molecule has 0 bridgehead atoms. The molecule has 4 rings (SSSR count). The second-order valence-corrected chi connectivity index (χ2v) is 9.04. The fraction of sp³-hybridized carbons (Fsp3) is 0.810. The van der Waals surface area contributed by atoms with E-state index in [0.29, 0.717) is 25.4 Å². The molecule has 0 aromatic carbocycles. The number of hydrogen-bond acceptors (Lipinski definition) is 4. The van der Waals surface area contributed by atoms with Crippen molar-refractivity contribution in [1.29, 1.82) is 0 Å². The number of hydrogen-bond donors (Lipinski definition) is 2. The molecule has 1 saturated heterocycles. The topological polar surface area (TPSA) is 72.5 Å². The van der Waals surface area contributed by atoms with E-state index in [1.807, 2.05) is 11.9 Å². The molecule has 1 aromatic rings. The summed E-state index contributed by atoms with van der Waals surface area (Å²) < 4.78 is 0. The molecule has 150 valence electrons. The normalized spacial score (nSPS) is 26.8. The molecular formula is C21H34N4O2. The van der Waals surface area contributed by atoms with Crippen molar-refractivity contribution in [2.75, 3.05) is 26.7 Å². The molecule has 0 spiro atoms. The van der Waals surface area contributed by atoms with E-state index in [-0.39, 0.29) is 5.91 Å². The lowest BCUT2D eigenvalue weighted by atomic mass is 9.83. The number of fused-ring (bicyclic) bond motifs is 1. The molecule has 3 aliphatic rings. The van der Waals surface area contributed by atoms with Gasteiger partial charge in [-0.05, 0) is 69.9 Å². The van der Waals surface area contributed by atoms with Gasteiger partial charge in [-0.15, -0.1) is 0 Å². The molecule has 1 amide bonds. The maximum Gasteiger partial charge on any atom is 0.255 e. The molecule has 1 atom stereocenters. The second-order valence-electron chi connectivity index (χ2n) is 9.04. The van der Waals surface area contributed by atoms with Gasteiger partial charge in [0, 0.05) is 31.9 Å². The Balaban J connectivity index is 1.38. The Kier molecular flexibility index (Phi) is 5.55. The Labute approximate surface area is 162 Å². The summed E-state index contributed by atoms with van der Waals surface area (Å²) in [6.07, 6.45) is 11.1. The van der Waals surface area contributed by atoms with Crippen LogP contribution in [0.4, 0.5) is 0 Å². The zero-order valence-electron chi connectivity index (χ0n) is 16.7. The molecule has 6 heteroatoms. The van der Waals surface area contributed by atoms with E-state index in [1.54, 1.807) is 0 Å². The van der Waals surface area contributed by atoms with Crippen LogP contribution in [0.15, 0.2) is 0 Å². The highest BCUT2D eigenvalue weighted by molar-refractivity contribution is 5.86. The molecule has 2 N–H and O–H groups in total. The third-order valence-corrected chi connectivity index (χ3v) is 6.75. The van der Waals surface area contributed by atoms with Crippen molar-refractivity contribution in [2.45, 2.75) is 76.4 Å². The lowest BCUT2D eigenvalue weighted by Gasteiger charge is -2.42. The quantitative estimate of drug-likeness (QED) is 0.749. The highest BCUT2D eigenvalue weighted by Gasteiger charge is 2.43. The summed E-state index contributed by atoms with van der Waals surface area (Å²) in [5, 5.41) is 18.9. The molecule has 1 aromatic heterocycles. The first kappa shape index (κ1) is 18.9. The van der Waals surface area contributed by atoms with Gasteiger partial charge in [-0.3, -0.25) is 14.8 Å². The van der Waals surface area contributed by atoms with Crippen LogP contribution in [-0.4, -0.2) is 63.3 Å². The van der Waals surface area contributed by atoms with Crippen LogP contribution in [0, 0.1) is 5.92 Å². The summed E-state index contributed by atoms with van der Waals surface area (Å²) in [4.78, 5) is 17.0. The highest BCUT2D eigenvalue weighted by Crippen LogP contribution is 2.31. The molecule has 2 heterocycles. The van der Waals surface area contributed by atoms with Crippen molar-refractivity contribution in [3.05, 3.63) is 17.0 Å². The van der Waals surface area contributed by atoms with Gasteiger partial charge in [-0.1, -0.05) is 12.8 Å². The first-order valence-corrected chi connectivity index (χ1v) is 10.8. The van der Waals surface area contributed by atoms with Crippen molar-refractivity contribution >= 4 is 5.91 Å². The minimum atomic E-state index is -1.25. The van der Waals surface area contributed by atoms with Gasteiger partial charge in [0.15, 0.2) is 5.60 Å². The number of aryl methyl sites for hydroxylation is 1. The predicted molar refractivity (Wildman–Crippen MR) is 104 cm³/mol. The SMILES string of the molecule is CN(Cc1n[nH]c2c1CCCCC2)C[C@]1(O)CCCN(CC2CCC2)C1=O. The minimum Gasteiger partial charge on any atom is -0.379 e. The average Bonchev–Trinajstić information content (AvgIpc) is 2.82. The molecule has 2 fully saturated rings. The van der Waals surface area contributed by atoms with Crippen LogP contribution in [0.2, 0.25) is 0 Å². The second kappa shape index (κ2) is 7.92. The highest BCUT2D eigenvalue weighted by atomic mass is 16.3. The number of H-pyrrole nitrogens is 1. The van der Waals surface area contributed by atoms with Crippen LogP contribution in [0.1, 0.15) is 68.3 Å². The Morgan fingerprint density at radius 2 is 2.04 bits per heavy atom. The van der Waals surface area contributed by atoms with Crippen LogP contribution < -0.4 is 0 Å². The van der Waals surface area contributed by atoms with Gasteiger partial charge in [0.05, 0.1) is 5.69 Å². The van der Waals surface area contributed by atoms with Crippen molar-refractivity contribution in [3.63, 3.8) is 0 Å². The van der Waals surface area contributed by atoms with Crippen molar-refractivity contribution in [3.8, 4) is 0 Å². The number of rotatable bonds is 6. The van der Waals surface area contributed by atoms with Crippen molar-refractivity contribution < 1.29 is 9.90 Å². The van der Waals surface area contributed by atoms with Crippen LogP contribution >= 0.6 is 0 Å². The van der Waals surface area contributed by atoms with E-state index in [0.717, 1.165) is 38.0 Å². The largest absolute Gasteiger partial charge is 0.379 e. The van der Waals surface area contributed by atoms with E-state index in [9.17, 15) is 9.90 Å². The Bertz CT molecular complexity index is 669. The summed E-state index contributed by atoms with van der Waals surface area (Å²) >= 11 is 0. The summed E-state index contributed by atoms with van der Waals surface area (Å²) in [6.45, 7) is 2.70. The van der Waals surface area contributed by atoms with Gasteiger partial charge >= 0.3 is 0 Å². The predicted octanol–water partition coefficient (Wildman–Crippen LogP) is 2.26. The summed E-state index contributed by atoms with van der Waals surface area (Å²) in [7, 11) is 1.99. The standard InChI is InChI=1S/C21H34N4O2/c1-24(14-19-17-9-3-2-4-10-18(17)22-23-19)15-21(27)11-6-12-25(20(21)26)13-16-7-5-8-16/h16,27H,2-15H2,1H3,(H,22,23)/t21-/m1/s1. The van der Waals surface area contributed by atoms with Crippen molar-refractivity contribution in [1.82, 2.24) is 20.0 Å². The lowest BCUT2D eigenvalue weighted by molar-refractivity contribution is -0.160. The number of aromatic amines is 1. The Morgan fingerprint density at radius 1 is 1.22 bits per heavy atom. The zero-order valence-corrected chi connectivity index (χ0v) is 16.7. The van der Waals surface area contributed by atoms with Crippen LogP contribution in [0.5, 0.6) is 0 Å². The van der Waals surface area contributed by atoms with Crippen LogP contribution in [-0.2, 0) is 24.2 Å². The number of likely N-dealkylation sites (N-methyl/N-ethyl adjacent to an activating group) is 1. The van der Waals surface area contributed by atoms with Gasteiger partial charge in [0.25, 0.3) is 5.91 Å². The van der Waals surface area contributed by atoms with Gasteiger partial charge in [-0.25, -0.2) is 0 Å². The van der Waals surface area contributed by atoms with Crippen molar-refractivity contribution in [2.24, 2.45) is 5.92 Å². The Hall–Kier alpha value is -1.40. The van der Waals surface area contributed by atoms with E-state index in [1.165, 1.54) is 49.8 Å². The summed E-state index contributed by atoms with van der Waals surface area (Å²) in [6, 6.07) is 0. The molecule has 0 radical (unpaired) electrons. The Morgan fingerprint density at radius 3 is 2.81 bits per heavy atom. The third-order valence-electron chi connectivity index (χ3n) is 6.75. The maximum absolute atomic E-state index is 13.0. The summed E-state index contributed by atoms with van der Waals surface area (Å²) in [5.41, 5.74) is 2.50. The smallest absolute Gasteiger partial charge is 0.255 e. The first-order valence-electron chi connectivity index (χ1n) is 10.8. The van der Waals surface area contributed by atoms with E-state index in [4.69, 9.17) is 0 Å². The third kappa shape index (κ3) is 4.06. The molecule has 2 aliphatic carbocycles.